The summed E-state index contributed by atoms with van der Waals surface area (Å²) in [5, 5.41) is 12.2. The number of carbonyl (C=O) groups is 1. The molecule has 3 rings (SSSR count). The highest BCUT2D eigenvalue weighted by molar-refractivity contribution is 5.77. The topological polar surface area (TPSA) is 52.6 Å². The number of amides is 2. The molecule has 0 aliphatic carbocycles. The van der Waals surface area contributed by atoms with Gasteiger partial charge in [0.15, 0.2) is 0 Å². The number of phenols is 1. The third-order valence-electron chi connectivity index (χ3n) is 4.07. The first kappa shape index (κ1) is 16.7. The Morgan fingerprint density at radius 2 is 1.88 bits per heavy atom. The van der Waals surface area contributed by atoms with E-state index in [1.165, 1.54) is 5.57 Å². The smallest absolute Gasteiger partial charge is 0.318 e. The summed E-state index contributed by atoms with van der Waals surface area (Å²) in [6.07, 6.45) is 2.86. The number of nitrogens with one attached hydrogen (secondary N) is 1. The zero-order valence-electron chi connectivity index (χ0n) is 13.9. The first-order valence-electron chi connectivity index (χ1n) is 8.27. The first-order valence-corrected chi connectivity index (χ1v) is 8.27. The molecule has 0 atom stereocenters. The third kappa shape index (κ3) is 4.65. The van der Waals surface area contributed by atoms with Crippen molar-refractivity contribution in [2.24, 2.45) is 0 Å². The second kappa shape index (κ2) is 8.07. The Balaban J connectivity index is 1.50. The van der Waals surface area contributed by atoms with E-state index in [-0.39, 0.29) is 11.8 Å². The molecule has 1 aliphatic rings. The summed E-state index contributed by atoms with van der Waals surface area (Å²) < 4.78 is 0. The summed E-state index contributed by atoms with van der Waals surface area (Å²) in [5.74, 6) is 6.25. The maximum Gasteiger partial charge on any atom is 0.318 e. The molecule has 0 saturated carbocycles. The Morgan fingerprint density at radius 3 is 2.56 bits per heavy atom. The number of benzene rings is 2. The van der Waals surface area contributed by atoms with Gasteiger partial charge >= 0.3 is 6.03 Å². The molecular weight excluding hydrogens is 312 g/mol. The molecule has 2 aromatic rings. The van der Waals surface area contributed by atoms with Crippen LogP contribution in [0, 0.1) is 11.8 Å². The van der Waals surface area contributed by atoms with Crippen LogP contribution in [0.1, 0.15) is 17.5 Å². The minimum Gasteiger partial charge on any atom is -0.508 e. The number of carbonyl (C=O) groups excluding carboxylic acids is 1. The molecule has 1 heterocycles. The zero-order valence-corrected chi connectivity index (χ0v) is 13.9. The van der Waals surface area contributed by atoms with Crippen LogP contribution < -0.4 is 5.32 Å². The fraction of sp³-hybridized carbons (Fsp3) is 0.190. The van der Waals surface area contributed by atoms with Crippen molar-refractivity contribution in [1.29, 1.82) is 0 Å². The normalized spacial score (nSPS) is 13.4. The number of hydrogen-bond acceptors (Lipinski definition) is 2. The van der Waals surface area contributed by atoms with E-state index in [4.69, 9.17) is 0 Å². The highest BCUT2D eigenvalue weighted by atomic mass is 16.3. The maximum atomic E-state index is 12.2. The Hall–Kier alpha value is -3.19. The lowest BCUT2D eigenvalue weighted by atomic mass is 9.99. The van der Waals surface area contributed by atoms with Crippen LogP contribution in [-0.2, 0) is 0 Å². The third-order valence-corrected chi connectivity index (χ3v) is 4.07. The first-order chi connectivity index (χ1) is 12.2. The van der Waals surface area contributed by atoms with Crippen molar-refractivity contribution in [3.63, 3.8) is 0 Å². The zero-order chi connectivity index (χ0) is 17.5. The number of phenolic OH excluding ortho intramolecular Hbond substituents is 1. The Labute approximate surface area is 147 Å². The lowest BCUT2D eigenvalue weighted by molar-refractivity contribution is 0.204. The molecule has 2 N–H and O–H groups in total. The van der Waals surface area contributed by atoms with Crippen molar-refractivity contribution in [3.05, 3.63) is 71.8 Å². The molecule has 0 spiro atoms. The lowest BCUT2D eigenvalue weighted by Crippen LogP contribution is -2.42. The summed E-state index contributed by atoms with van der Waals surface area (Å²) in [4.78, 5) is 14.0. The molecule has 0 unspecified atom stereocenters. The van der Waals surface area contributed by atoms with E-state index in [1.54, 1.807) is 17.0 Å². The van der Waals surface area contributed by atoms with Crippen molar-refractivity contribution in [3.8, 4) is 17.6 Å². The van der Waals surface area contributed by atoms with Crippen LogP contribution in [0.3, 0.4) is 0 Å². The second-order valence-electron chi connectivity index (χ2n) is 5.80. The van der Waals surface area contributed by atoms with E-state index in [2.05, 4.69) is 23.2 Å². The number of hydrogen-bond donors (Lipinski definition) is 2. The van der Waals surface area contributed by atoms with Gasteiger partial charge < -0.3 is 15.3 Å². The van der Waals surface area contributed by atoms with E-state index in [9.17, 15) is 9.90 Å². The van der Waals surface area contributed by atoms with Crippen LogP contribution in [-0.4, -0.2) is 35.7 Å². The van der Waals surface area contributed by atoms with Gasteiger partial charge in [0.2, 0.25) is 0 Å². The van der Waals surface area contributed by atoms with Crippen molar-refractivity contribution in [2.45, 2.75) is 6.42 Å². The van der Waals surface area contributed by atoms with Gasteiger partial charge in [0.25, 0.3) is 0 Å². The van der Waals surface area contributed by atoms with Crippen LogP contribution in [0.5, 0.6) is 5.75 Å². The van der Waals surface area contributed by atoms with Crippen LogP contribution >= 0.6 is 0 Å². The maximum absolute atomic E-state index is 12.2. The molecule has 4 nitrogen and oxygen atoms in total. The van der Waals surface area contributed by atoms with Crippen LogP contribution in [0.2, 0.25) is 0 Å². The van der Waals surface area contributed by atoms with Crippen molar-refractivity contribution in [1.82, 2.24) is 10.2 Å². The molecule has 4 heteroatoms. The summed E-state index contributed by atoms with van der Waals surface area (Å²) in [5.41, 5.74) is 3.23. The van der Waals surface area contributed by atoms with Gasteiger partial charge in [0.05, 0.1) is 6.54 Å². The fourth-order valence-corrected chi connectivity index (χ4v) is 2.69. The quantitative estimate of drug-likeness (QED) is 0.830. The van der Waals surface area contributed by atoms with Crippen molar-refractivity contribution >= 4 is 11.6 Å². The Kier molecular flexibility index (Phi) is 5.38. The van der Waals surface area contributed by atoms with Gasteiger partial charge in [0, 0.05) is 18.7 Å². The molecule has 2 amide bonds. The predicted molar refractivity (Wildman–Crippen MR) is 99.0 cm³/mol. The van der Waals surface area contributed by atoms with Gasteiger partial charge in [-0.25, -0.2) is 4.79 Å². The molecular formula is C21H20N2O2. The fourth-order valence-electron chi connectivity index (χ4n) is 2.69. The summed E-state index contributed by atoms with van der Waals surface area (Å²) in [7, 11) is 0. The summed E-state index contributed by atoms with van der Waals surface area (Å²) >= 11 is 0. The van der Waals surface area contributed by atoms with Gasteiger partial charge in [-0.2, -0.15) is 0 Å². The minimum absolute atomic E-state index is 0.0941. The molecule has 2 aromatic carbocycles. The van der Waals surface area contributed by atoms with Crippen LogP contribution in [0.4, 0.5) is 4.79 Å². The van der Waals surface area contributed by atoms with E-state index >= 15 is 0 Å². The van der Waals surface area contributed by atoms with Crippen LogP contribution in [0.15, 0.2) is 60.7 Å². The van der Waals surface area contributed by atoms with Crippen molar-refractivity contribution < 1.29 is 9.90 Å². The van der Waals surface area contributed by atoms with E-state index < -0.39 is 0 Å². The second-order valence-corrected chi connectivity index (χ2v) is 5.80. The van der Waals surface area contributed by atoms with E-state index in [0.29, 0.717) is 19.6 Å². The number of aromatic hydroxyl groups is 1. The highest BCUT2D eigenvalue weighted by Gasteiger charge is 2.17. The number of urea groups is 1. The summed E-state index contributed by atoms with van der Waals surface area (Å²) in [6.45, 7) is 1.58. The number of nitrogens with zero attached hydrogens (tertiary/aromatic N) is 1. The molecule has 0 radical (unpaired) electrons. The van der Waals surface area contributed by atoms with Gasteiger partial charge in [-0.05, 0) is 41.8 Å². The van der Waals surface area contributed by atoms with Gasteiger partial charge in [-0.15, -0.1) is 0 Å². The van der Waals surface area contributed by atoms with Crippen molar-refractivity contribution in [2.75, 3.05) is 19.6 Å². The predicted octanol–water partition coefficient (Wildman–Crippen LogP) is 3.24. The molecule has 126 valence electrons. The van der Waals surface area contributed by atoms with E-state index in [1.807, 2.05) is 42.5 Å². The largest absolute Gasteiger partial charge is 0.508 e. The Bertz CT molecular complexity index is 814. The van der Waals surface area contributed by atoms with Crippen LogP contribution in [0.25, 0.3) is 5.57 Å². The molecule has 25 heavy (non-hydrogen) atoms. The van der Waals surface area contributed by atoms with Gasteiger partial charge in [-0.1, -0.05) is 48.2 Å². The van der Waals surface area contributed by atoms with E-state index in [0.717, 1.165) is 17.5 Å². The van der Waals surface area contributed by atoms with Gasteiger partial charge in [-0.3, -0.25) is 0 Å². The standard InChI is InChI=1S/C21H20N2O2/c24-20-10-8-18(9-11-20)19-12-15-23(16-13-19)21(25)22-14-4-7-17-5-2-1-3-6-17/h1-3,5-6,8-12,24H,13-16H2,(H,22,25). The monoisotopic (exact) mass is 332 g/mol. The van der Waals surface area contributed by atoms with Gasteiger partial charge in [0.1, 0.15) is 5.75 Å². The molecule has 0 bridgehead atoms. The molecule has 1 aliphatic heterocycles. The summed E-state index contributed by atoms with van der Waals surface area (Å²) in [6, 6.07) is 16.8. The Morgan fingerprint density at radius 1 is 1.12 bits per heavy atom. The molecule has 0 aromatic heterocycles. The lowest BCUT2D eigenvalue weighted by Gasteiger charge is -2.26. The average molecular weight is 332 g/mol. The highest BCUT2D eigenvalue weighted by Crippen LogP contribution is 2.23. The number of rotatable bonds is 2. The minimum atomic E-state index is -0.0941. The average Bonchev–Trinajstić information content (AvgIpc) is 2.67. The molecule has 0 saturated heterocycles. The molecule has 0 fully saturated rings. The SMILES string of the molecule is O=C(NCC#Cc1ccccc1)N1CC=C(c2ccc(O)cc2)CC1.